The molecule has 0 aliphatic heterocycles. The minimum Gasteiger partial charge on any atom is -0.481 e. The van der Waals surface area contributed by atoms with Crippen LogP contribution in [0.3, 0.4) is 0 Å². The first-order valence-electron chi connectivity index (χ1n) is 6.92. The molecular weight excluding hydrogens is 298 g/mol. The van der Waals surface area contributed by atoms with Gasteiger partial charge in [-0.1, -0.05) is 12.1 Å². The highest BCUT2D eigenvalue weighted by atomic mass is 16.5. The lowest BCUT2D eigenvalue weighted by Gasteiger charge is -2.06. The number of aryl methyl sites for hydroxylation is 1. The number of carboxylic acids is 1. The number of nitrogens with zero attached hydrogens (tertiary/aromatic N) is 2. The molecule has 0 saturated heterocycles. The first-order valence-corrected chi connectivity index (χ1v) is 6.92. The summed E-state index contributed by atoms with van der Waals surface area (Å²) in [5, 5.41) is 12.5. The van der Waals surface area contributed by atoms with Crippen LogP contribution in [0.5, 0.6) is 5.75 Å². The Morgan fingerprint density at radius 2 is 2.09 bits per heavy atom. The molecule has 0 atom stereocenters. The number of carbonyl (C=O) groups excluding carboxylic acids is 1. The molecule has 2 rings (SSSR count). The van der Waals surface area contributed by atoms with Gasteiger partial charge in [-0.15, -0.1) is 0 Å². The fourth-order valence-electron chi connectivity index (χ4n) is 1.92. The van der Waals surface area contributed by atoms with Gasteiger partial charge in [-0.3, -0.25) is 4.79 Å². The predicted octanol–water partition coefficient (Wildman–Crippen LogP) is 1.18. The summed E-state index contributed by atoms with van der Waals surface area (Å²) in [6.45, 7) is -0.440. The highest BCUT2D eigenvalue weighted by Gasteiger charge is 2.06. The van der Waals surface area contributed by atoms with Crippen LogP contribution in [-0.4, -0.2) is 34.4 Å². The number of nitrogens with one attached hydrogen (secondary N) is 1. The molecule has 0 fully saturated rings. The van der Waals surface area contributed by atoms with E-state index in [0.29, 0.717) is 11.3 Å². The Bertz CT molecular complexity index is 722. The van der Waals surface area contributed by atoms with E-state index in [4.69, 9.17) is 9.84 Å². The van der Waals surface area contributed by atoms with Gasteiger partial charge >= 0.3 is 5.97 Å². The summed E-state index contributed by atoms with van der Waals surface area (Å²) < 4.78 is 7.01. The van der Waals surface area contributed by atoms with Crippen LogP contribution in [0, 0.1) is 0 Å². The van der Waals surface area contributed by atoms with Gasteiger partial charge in [0.05, 0.1) is 12.6 Å². The SMILES string of the molecule is Cn1cccc1CC(=O)N/N=C\c1ccccc1OCC(=O)O. The Morgan fingerprint density at radius 3 is 2.78 bits per heavy atom. The van der Waals surface area contributed by atoms with Gasteiger partial charge in [0.1, 0.15) is 5.75 Å². The third kappa shape index (κ3) is 4.99. The molecule has 1 aromatic carbocycles. The van der Waals surface area contributed by atoms with Gasteiger partial charge in [0, 0.05) is 24.5 Å². The van der Waals surface area contributed by atoms with Crippen LogP contribution < -0.4 is 10.2 Å². The maximum absolute atomic E-state index is 11.8. The number of aliphatic carboxylic acids is 1. The normalized spacial score (nSPS) is 10.7. The number of hydrogen-bond donors (Lipinski definition) is 2. The molecule has 0 aliphatic carbocycles. The third-order valence-corrected chi connectivity index (χ3v) is 3.06. The summed E-state index contributed by atoms with van der Waals surface area (Å²) in [6, 6.07) is 10.6. The van der Waals surface area contributed by atoms with E-state index in [-0.39, 0.29) is 12.3 Å². The highest BCUT2D eigenvalue weighted by Crippen LogP contribution is 2.15. The number of benzene rings is 1. The van der Waals surface area contributed by atoms with Crippen molar-refractivity contribution >= 4 is 18.1 Å². The molecule has 7 nitrogen and oxygen atoms in total. The van der Waals surface area contributed by atoms with Crippen LogP contribution in [0.4, 0.5) is 0 Å². The Kier molecular flexibility index (Phi) is 5.51. The number of hydrazone groups is 1. The van der Waals surface area contributed by atoms with Crippen molar-refractivity contribution in [1.29, 1.82) is 0 Å². The van der Waals surface area contributed by atoms with Crippen molar-refractivity contribution in [1.82, 2.24) is 9.99 Å². The number of para-hydroxylation sites is 1. The summed E-state index contributed by atoms with van der Waals surface area (Å²) in [7, 11) is 1.86. The van der Waals surface area contributed by atoms with E-state index in [0.717, 1.165) is 5.69 Å². The summed E-state index contributed by atoms with van der Waals surface area (Å²) in [4.78, 5) is 22.4. The minimum atomic E-state index is -1.06. The lowest BCUT2D eigenvalue weighted by atomic mass is 10.2. The number of hydrogen-bond acceptors (Lipinski definition) is 4. The Morgan fingerprint density at radius 1 is 1.30 bits per heavy atom. The van der Waals surface area contributed by atoms with Crippen LogP contribution >= 0.6 is 0 Å². The van der Waals surface area contributed by atoms with E-state index in [9.17, 15) is 9.59 Å². The van der Waals surface area contributed by atoms with Gasteiger partial charge < -0.3 is 14.4 Å². The molecule has 0 radical (unpaired) electrons. The maximum Gasteiger partial charge on any atom is 0.341 e. The van der Waals surface area contributed by atoms with E-state index in [1.165, 1.54) is 6.21 Å². The second kappa shape index (κ2) is 7.79. The quantitative estimate of drug-likeness (QED) is 0.593. The van der Waals surface area contributed by atoms with Gasteiger partial charge in [0.2, 0.25) is 5.91 Å². The molecule has 0 bridgehead atoms. The van der Waals surface area contributed by atoms with Crippen LogP contribution in [0.1, 0.15) is 11.3 Å². The number of rotatable bonds is 7. The standard InChI is InChI=1S/C16H17N3O4/c1-19-8-4-6-13(19)9-15(20)18-17-10-12-5-2-3-7-14(12)23-11-16(21)22/h2-8,10H,9,11H2,1H3,(H,18,20)(H,21,22)/b17-10-. The molecule has 2 N–H and O–H groups in total. The summed E-state index contributed by atoms with van der Waals surface area (Å²) in [6.07, 6.45) is 3.50. The lowest BCUT2D eigenvalue weighted by Crippen LogP contribution is -2.21. The van der Waals surface area contributed by atoms with Crippen LogP contribution in [0.25, 0.3) is 0 Å². The topological polar surface area (TPSA) is 92.9 Å². The first kappa shape index (κ1) is 16.3. The van der Waals surface area contributed by atoms with E-state index in [1.807, 2.05) is 29.9 Å². The summed E-state index contributed by atoms with van der Waals surface area (Å²) in [5.74, 6) is -0.921. The number of aromatic nitrogens is 1. The molecule has 1 heterocycles. The maximum atomic E-state index is 11.8. The van der Waals surface area contributed by atoms with Crippen LogP contribution in [0.15, 0.2) is 47.7 Å². The van der Waals surface area contributed by atoms with Crippen molar-refractivity contribution < 1.29 is 19.4 Å². The summed E-state index contributed by atoms with van der Waals surface area (Å²) in [5.41, 5.74) is 3.89. The zero-order chi connectivity index (χ0) is 16.7. The van der Waals surface area contributed by atoms with Gasteiger partial charge in [-0.25, -0.2) is 10.2 Å². The third-order valence-electron chi connectivity index (χ3n) is 3.06. The average molecular weight is 315 g/mol. The van der Waals surface area contributed by atoms with Gasteiger partial charge in [0.15, 0.2) is 6.61 Å². The van der Waals surface area contributed by atoms with Crippen molar-refractivity contribution in [3.63, 3.8) is 0 Å². The number of carbonyl (C=O) groups is 2. The second-order valence-electron chi connectivity index (χ2n) is 4.80. The molecule has 1 aromatic heterocycles. The predicted molar refractivity (Wildman–Crippen MR) is 84.4 cm³/mol. The highest BCUT2D eigenvalue weighted by molar-refractivity contribution is 5.85. The number of carboxylic acid groups (broad SMARTS) is 1. The minimum absolute atomic E-state index is 0.220. The van der Waals surface area contributed by atoms with Crippen molar-refractivity contribution in [2.45, 2.75) is 6.42 Å². The van der Waals surface area contributed by atoms with Crippen LogP contribution in [-0.2, 0) is 23.1 Å². The molecule has 0 saturated carbocycles. The molecule has 1 amide bonds. The second-order valence-corrected chi connectivity index (χ2v) is 4.80. The molecule has 0 aliphatic rings. The van der Waals surface area contributed by atoms with Crippen LogP contribution in [0.2, 0.25) is 0 Å². The fraction of sp³-hybridized carbons (Fsp3) is 0.188. The Balaban J connectivity index is 1.93. The lowest BCUT2D eigenvalue weighted by molar-refractivity contribution is -0.139. The first-order chi connectivity index (χ1) is 11.1. The largest absolute Gasteiger partial charge is 0.481 e. The van der Waals surface area contributed by atoms with Gasteiger partial charge in [0.25, 0.3) is 0 Å². The van der Waals surface area contributed by atoms with E-state index >= 15 is 0 Å². The zero-order valence-corrected chi connectivity index (χ0v) is 12.6. The molecule has 2 aromatic rings. The monoisotopic (exact) mass is 315 g/mol. The molecule has 23 heavy (non-hydrogen) atoms. The average Bonchev–Trinajstić information content (AvgIpc) is 2.91. The molecule has 0 unspecified atom stereocenters. The van der Waals surface area contributed by atoms with E-state index in [1.54, 1.807) is 24.3 Å². The molecule has 120 valence electrons. The zero-order valence-electron chi connectivity index (χ0n) is 12.6. The molecular formula is C16H17N3O4. The van der Waals surface area contributed by atoms with Crippen molar-refractivity contribution in [2.75, 3.05) is 6.61 Å². The molecule has 0 spiro atoms. The van der Waals surface area contributed by atoms with Gasteiger partial charge in [-0.2, -0.15) is 5.10 Å². The van der Waals surface area contributed by atoms with E-state index < -0.39 is 12.6 Å². The summed E-state index contributed by atoms with van der Waals surface area (Å²) >= 11 is 0. The Hall–Kier alpha value is -3.09. The fourth-order valence-corrected chi connectivity index (χ4v) is 1.92. The smallest absolute Gasteiger partial charge is 0.341 e. The molecule has 7 heteroatoms. The number of ether oxygens (including phenoxy) is 1. The Labute approximate surface area is 133 Å². The van der Waals surface area contributed by atoms with Crippen molar-refractivity contribution in [3.05, 3.63) is 53.9 Å². The van der Waals surface area contributed by atoms with Crippen molar-refractivity contribution in [3.8, 4) is 5.75 Å². The van der Waals surface area contributed by atoms with Gasteiger partial charge in [-0.05, 0) is 24.3 Å². The van der Waals surface area contributed by atoms with E-state index in [2.05, 4.69) is 10.5 Å². The van der Waals surface area contributed by atoms with Crippen molar-refractivity contribution in [2.24, 2.45) is 12.1 Å². The number of amides is 1.